The molecule has 3 atom stereocenters. The molecule has 0 bridgehead atoms. The standard InChI is InChI=1S/C34H63NO6/c1-5-9-10-11-12-13-14-15-16-17-18-19-20-21-22-23-24-25-26-27-28-35(29(6-2)32(36)37,30(7-3)33(38)39)31(8-4)34(40)41/h26-27,29-31H,5-25,28H2,1-4H3,(H2-,36,37,38,39,40,41)/p+1/b27-26+. The fourth-order valence-corrected chi connectivity index (χ4v) is 6.56. The quantitative estimate of drug-likeness (QED) is 0.0461. The number of aliphatic carboxylic acids is 3. The van der Waals surface area contributed by atoms with Gasteiger partial charge < -0.3 is 15.3 Å². The molecule has 41 heavy (non-hydrogen) atoms. The molecule has 240 valence electrons. The van der Waals surface area contributed by atoms with Crippen molar-refractivity contribution in [3.63, 3.8) is 0 Å². The topological polar surface area (TPSA) is 112 Å². The van der Waals surface area contributed by atoms with Crippen molar-refractivity contribution >= 4 is 17.9 Å². The molecule has 0 heterocycles. The zero-order valence-corrected chi connectivity index (χ0v) is 27.0. The summed E-state index contributed by atoms with van der Waals surface area (Å²) in [5.41, 5.74) is 0. The van der Waals surface area contributed by atoms with E-state index in [9.17, 15) is 29.7 Å². The van der Waals surface area contributed by atoms with Crippen LogP contribution in [-0.2, 0) is 14.4 Å². The molecule has 0 aliphatic rings. The molecular formula is C34H64NO6+. The van der Waals surface area contributed by atoms with Gasteiger partial charge >= 0.3 is 17.9 Å². The summed E-state index contributed by atoms with van der Waals surface area (Å²) in [6.45, 7) is 7.42. The van der Waals surface area contributed by atoms with Gasteiger partial charge in [-0.05, 0) is 18.9 Å². The third-order valence-electron chi connectivity index (χ3n) is 8.82. The van der Waals surface area contributed by atoms with Crippen LogP contribution in [0.3, 0.4) is 0 Å². The van der Waals surface area contributed by atoms with E-state index in [0.29, 0.717) is 0 Å². The first kappa shape index (κ1) is 39.1. The van der Waals surface area contributed by atoms with E-state index in [1.54, 1.807) is 20.8 Å². The van der Waals surface area contributed by atoms with Crippen LogP contribution in [0.15, 0.2) is 12.2 Å². The summed E-state index contributed by atoms with van der Waals surface area (Å²) in [6, 6.07) is -3.33. The summed E-state index contributed by atoms with van der Waals surface area (Å²) in [4.78, 5) is 36.7. The fourth-order valence-electron chi connectivity index (χ4n) is 6.56. The van der Waals surface area contributed by atoms with Crippen molar-refractivity contribution in [1.29, 1.82) is 0 Å². The summed E-state index contributed by atoms with van der Waals surface area (Å²) in [7, 11) is 0. The summed E-state index contributed by atoms with van der Waals surface area (Å²) in [5.74, 6) is -3.43. The second-order valence-electron chi connectivity index (χ2n) is 11.9. The number of carboxylic acid groups (broad SMARTS) is 3. The highest BCUT2D eigenvalue weighted by molar-refractivity contribution is 5.78. The number of quaternary nitrogens is 1. The first-order valence-corrected chi connectivity index (χ1v) is 16.9. The van der Waals surface area contributed by atoms with Crippen molar-refractivity contribution in [3.8, 4) is 0 Å². The minimum absolute atomic E-state index is 0.0827. The van der Waals surface area contributed by atoms with Gasteiger partial charge in [0.15, 0.2) is 18.1 Å². The molecule has 0 fully saturated rings. The number of carbonyl (C=O) groups is 3. The normalized spacial score (nSPS) is 15.4. The predicted molar refractivity (Wildman–Crippen MR) is 168 cm³/mol. The van der Waals surface area contributed by atoms with Crippen LogP contribution in [0.4, 0.5) is 0 Å². The van der Waals surface area contributed by atoms with Crippen LogP contribution in [0.25, 0.3) is 0 Å². The smallest absolute Gasteiger partial charge is 0.362 e. The van der Waals surface area contributed by atoms with Gasteiger partial charge in [0.05, 0.1) is 6.54 Å². The minimum atomic E-state index is -1.14. The summed E-state index contributed by atoms with van der Waals surface area (Å²) >= 11 is 0. The molecule has 0 radical (unpaired) electrons. The molecule has 0 aliphatic carbocycles. The Morgan fingerprint density at radius 3 is 1.05 bits per heavy atom. The molecule has 0 saturated carbocycles. The highest BCUT2D eigenvalue weighted by Gasteiger charge is 2.55. The van der Waals surface area contributed by atoms with Gasteiger partial charge in [0.25, 0.3) is 0 Å². The van der Waals surface area contributed by atoms with E-state index < -0.39 is 40.5 Å². The van der Waals surface area contributed by atoms with Crippen LogP contribution < -0.4 is 0 Å². The Morgan fingerprint density at radius 2 is 0.780 bits per heavy atom. The average molecular weight is 583 g/mol. The lowest BCUT2D eigenvalue weighted by molar-refractivity contribution is -0.968. The van der Waals surface area contributed by atoms with Gasteiger partial charge in [0, 0.05) is 19.3 Å². The van der Waals surface area contributed by atoms with E-state index in [-0.39, 0.29) is 25.8 Å². The molecule has 0 aromatic heterocycles. The highest BCUT2D eigenvalue weighted by Crippen LogP contribution is 2.31. The molecule has 0 aromatic rings. The lowest BCUT2D eigenvalue weighted by Crippen LogP contribution is -2.72. The van der Waals surface area contributed by atoms with E-state index in [1.807, 2.05) is 12.2 Å². The molecule has 0 aromatic carbocycles. The number of rotatable bonds is 29. The number of hydrogen-bond acceptors (Lipinski definition) is 3. The van der Waals surface area contributed by atoms with Crippen LogP contribution in [0.2, 0.25) is 0 Å². The molecule has 0 aliphatic heterocycles. The Labute approximate surface area is 251 Å². The zero-order chi connectivity index (χ0) is 30.9. The van der Waals surface area contributed by atoms with Crippen LogP contribution in [0, 0.1) is 0 Å². The molecular weight excluding hydrogens is 518 g/mol. The Balaban J connectivity index is 4.50. The van der Waals surface area contributed by atoms with Crippen LogP contribution >= 0.6 is 0 Å². The summed E-state index contributed by atoms with van der Waals surface area (Å²) in [6.07, 6.45) is 27.6. The largest absolute Gasteiger partial charge is 0.477 e. The van der Waals surface area contributed by atoms with Gasteiger partial charge in [-0.15, -0.1) is 0 Å². The number of carboxylic acids is 3. The van der Waals surface area contributed by atoms with Gasteiger partial charge in [-0.2, -0.15) is 0 Å². The van der Waals surface area contributed by atoms with Crippen molar-refractivity contribution in [2.75, 3.05) is 6.54 Å². The van der Waals surface area contributed by atoms with Crippen LogP contribution in [0.1, 0.15) is 163 Å². The summed E-state index contributed by atoms with van der Waals surface area (Å²) < 4.78 is -0.487. The van der Waals surface area contributed by atoms with Gasteiger partial charge in [-0.25, -0.2) is 14.4 Å². The molecule has 0 spiro atoms. The van der Waals surface area contributed by atoms with Crippen molar-refractivity contribution in [3.05, 3.63) is 12.2 Å². The van der Waals surface area contributed by atoms with Crippen LogP contribution in [-0.4, -0.2) is 62.4 Å². The van der Waals surface area contributed by atoms with E-state index in [1.165, 1.54) is 96.3 Å². The van der Waals surface area contributed by atoms with Crippen molar-refractivity contribution in [2.24, 2.45) is 0 Å². The molecule has 0 rings (SSSR count). The number of allylic oxidation sites excluding steroid dienone is 1. The fraction of sp³-hybridized carbons (Fsp3) is 0.853. The monoisotopic (exact) mass is 582 g/mol. The molecule has 3 N–H and O–H groups in total. The maximum absolute atomic E-state index is 12.2. The first-order chi connectivity index (χ1) is 19.7. The van der Waals surface area contributed by atoms with Crippen molar-refractivity contribution in [1.82, 2.24) is 0 Å². The van der Waals surface area contributed by atoms with Gasteiger partial charge in [-0.1, -0.05) is 137 Å². The Hall–Kier alpha value is -1.89. The van der Waals surface area contributed by atoms with Gasteiger partial charge in [0.2, 0.25) is 0 Å². The molecule has 7 heteroatoms. The minimum Gasteiger partial charge on any atom is -0.477 e. The third-order valence-corrected chi connectivity index (χ3v) is 8.82. The van der Waals surface area contributed by atoms with Crippen molar-refractivity contribution in [2.45, 2.75) is 181 Å². The molecule has 7 nitrogen and oxygen atoms in total. The maximum Gasteiger partial charge on any atom is 0.362 e. The Morgan fingerprint density at radius 1 is 0.488 bits per heavy atom. The molecule has 3 unspecified atom stereocenters. The van der Waals surface area contributed by atoms with Gasteiger partial charge in [-0.3, -0.25) is 4.48 Å². The van der Waals surface area contributed by atoms with E-state index in [0.717, 1.165) is 19.3 Å². The zero-order valence-electron chi connectivity index (χ0n) is 27.0. The molecule has 0 saturated heterocycles. The third kappa shape index (κ3) is 15.2. The molecule has 0 amide bonds. The van der Waals surface area contributed by atoms with Gasteiger partial charge in [0.1, 0.15) is 0 Å². The van der Waals surface area contributed by atoms with Crippen molar-refractivity contribution < 1.29 is 34.2 Å². The lowest BCUT2D eigenvalue weighted by atomic mass is 9.94. The predicted octanol–water partition coefficient (Wildman–Crippen LogP) is 8.99. The first-order valence-electron chi connectivity index (χ1n) is 16.9. The highest BCUT2D eigenvalue weighted by atomic mass is 16.4. The summed E-state index contributed by atoms with van der Waals surface area (Å²) in [5, 5.41) is 30.0. The van der Waals surface area contributed by atoms with Crippen LogP contribution in [0.5, 0.6) is 0 Å². The SMILES string of the molecule is CCCCCCCCCCCCCCCCCCC/C=C/C[N+](C(CC)C(=O)O)(C(CC)C(=O)O)C(CC)C(=O)O. The maximum atomic E-state index is 12.2. The van der Waals surface area contributed by atoms with E-state index in [2.05, 4.69) is 6.92 Å². The van der Waals surface area contributed by atoms with E-state index in [4.69, 9.17) is 0 Å². The lowest BCUT2D eigenvalue weighted by Gasteiger charge is -2.49. The number of hydrogen-bond donors (Lipinski definition) is 3. The number of nitrogens with zero attached hydrogens (tertiary/aromatic N) is 1. The van der Waals surface area contributed by atoms with E-state index >= 15 is 0 Å². The average Bonchev–Trinajstić information content (AvgIpc) is 2.92. The second-order valence-corrected chi connectivity index (χ2v) is 11.9. The second kappa shape index (κ2) is 24.7. The Bertz CT molecular complexity index is 667. The Kier molecular flexibility index (Phi) is 23.5. The number of unbranched alkanes of at least 4 members (excludes halogenated alkanes) is 17.